The molecule has 0 aliphatic carbocycles. The maximum absolute atomic E-state index is 11.1. The van der Waals surface area contributed by atoms with E-state index in [0.29, 0.717) is 5.92 Å². The average molecular weight is 267 g/mol. The topological polar surface area (TPSA) is 76.2 Å². The first-order valence-electron chi connectivity index (χ1n) is 6.55. The highest BCUT2D eigenvalue weighted by molar-refractivity contribution is 5.79. The molecule has 0 aliphatic rings. The number of nitrogens with one attached hydrogen (secondary N) is 1. The first-order valence-corrected chi connectivity index (χ1v) is 6.55. The fraction of sp³-hybridized carbons (Fsp3) is 0.692. The van der Waals surface area contributed by atoms with Gasteiger partial charge in [-0.3, -0.25) is 9.48 Å². The quantitative estimate of drug-likeness (QED) is 0.749. The summed E-state index contributed by atoms with van der Waals surface area (Å²) in [5.41, 5.74) is 7.35. The van der Waals surface area contributed by atoms with Crippen molar-refractivity contribution in [3.63, 3.8) is 0 Å². The number of hydrogen-bond acceptors (Lipinski definition) is 4. The molecule has 0 bridgehead atoms. The number of anilines is 1. The van der Waals surface area contributed by atoms with E-state index in [0.717, 1.165) is 30.2 Å². The summed E-state index contributed by atoms with van der Waals surface area (Å²) < 4.78 is 1.80. The minimum Gasteiger partial charge on any atom is -0.368 e. The second-order valence-corrected chi connectivity index (χ2v) is 5.36. The zero-order chi connectivity index (χ0) is 14.6. The van der Waals surface area contributed by atoms with E-state index < -0.39 is 0 Å². The minimum absolute atomic E-state index is 0.191. The first-order chi connectivity index (χ1) is 8.82. The third kappa shape index (κ3) is 4.24. The Hall–Kier alpha value is -1.56. The summed E-state index contributed by atoms with van der Waals surface area (Å²) in [4.78, 5) is 12.9. The van der Waals surface area contributed by atoms with Gasteiger partial charge in [-0.25, -0.2) is 0 Å². The van der Waals surface area contributed by atoms with Gasteiger partial charge in [0.15, 0.2) is 0 Å². The summed E-state index contributed by atoms with van der Waals surface area (Å²) in [6.45, 7) is 8.21. The monoisotopic (exact) mass is 267 g/mol. The predicted molar refractivity (Wildman–Crippen MR) is 77.0 cm³/mol. The lowest BCUT2D eigenvalue weighted by Gasteiger charge is -2.19. The van der Waals surface area contributed by atoms with Crippen molar-refractivity contribution in [3.05, 3.63) is 11.3 Å². The third-order valence-corrected chi connectivity index (χ3v) is 2.92. The van der Waals surface area contributed by atoms with E-state index >= 15 is 0 Å². The number of amides is 1. The van der Waals surface area contributed by atoms with Gasteiger partial charge in [0.05, 0.1) is 12.2 Å². The maximum atomic E-state index is 11.1. The number of aryl methyl sites for hydroxylation is 2. The van der Waals surface area contributed by atoms with Gasteiger partial charge in [-0.05, 0) is 19.4 Å². The van der Waals surface area contributed by atoms with E-state index in [2.05, 4.69) is 24.3 Å². The average Bonchev–Trinajstić information content (AvgIpc) is 2.52. The molecule has 0 radical (unpaired) electrons. The number of nitrogens with zero attached hydrogens (tertiary/aromatic N) is 3. The number of carbonyl (C=O) groups is 1. The van der Waals surface area contributed by atoms with Crippen LogP contribution in [0.1, 0.15) is 25.1 Å². The lowest BCUT2D eigenvalue weighted by atomic mass is 10.2. The zero-order valence-electron chi connectivity index (χ0n) is 12.5. The van der Waals surface area contributed by atoms with Crippen LogP contribution in [0.4, 0.5) is 5.82 Å². The Morgan fingerprint density at radius 2 is 2.16 bits per heavy atom. The molecule has 0 aliphatic heterocycles. The number of nitrogens with two attached hydrogens (primary N) is 1. The SMILES string of the molecule is Cc1nn(C)c(N(C)CC(N)=O)c1CNCC(C)C. The summed E-state index contributed by atoms with van der Waals surface area (Å²) in [7, 11) is 3.74. The summed E-state index contributed by atoms with van der Waals surface area (Å²) >= 11 is 0. The summed E-state index contributed by atoms with van der Waals surface area (Å²) in [5, 5.41) is 7.83. The van der Waals surface area contributed by atoms with Crippen molar-refractivity contribution in [2.45, 2.75) is 27.3 Å². The highest BCUT2D eigenvalue weighted by Gasteiger charge is 2.17. The Morgan fingerprint density at radius 1 is 1.53 bits per heavy atom. The van der Waals surface area contributed by atoms with E-state index in [4.69, 9.17) is 5.73 Å². The lowest BCUT2D eigenvalue weighted by molar-refractivity contribution is -0.116. The Kier molecular flexibility index (Phi) is 5.35. The molecule has 0 aromatic carbocycles. The Bertz CT molecular complexity index is 438. The largest absolute Gasteiger partial charge is 0.368 e. The molecule has 3 N–H and O–H groups in total. The van der Waals surface area contributed by atoms with E-state index in [1.54, 1.807) is 4.68 Å². The van der Waals surface area contributed by atoms with Crippen LogP contribution in [0.5, 0.6) is 0 Å². The van der Waals surface area contributed by atoms with Gasteiger partial charge in [0, 0.05) is 26.2 Å². The van der Waals surface area contributed by atoms with Crippen LogP contribution in [0.25, 0.3) is 0 Å². The number of hydrogen-bond donors (Lipinski definition) is 2. The van der Waals surface area contributed by atoms with Crippen LogP contribution < -0.4 is 16.0 Å². The lowest BCUT2D eigenvalue weighted by Crippen LogP contribution is -2.32. The molecule has 1 rings (SSSR count). The van der Waals surface area contributed by atoms with Crippen molar-refractivity contribution in [3.8, 4) is 0 Å². The first kappa shape index (κ1) is 15.5. The van der Waals surface area contributed by atoms with Gasteiger partial charge < -0.3 is 16.0 Å². The molecule has 0 fully saturated rings. The molecule has 6 heteroatoms. The molecular formula is C13H25N5O. The Balaban J connectivity index is 2.87. The van der Waals surface area contributed by atoms with Crippen molar-refractivity contribution in [1.29, 1.82) is 0 Å². The smallest absolute Gasteiger partial charge is 0.236 e. The molecule has 0 spiro atoms. The van der Waals surface area contributed by atoms with E-state index in [1.807, 2.05) is 25.9 Å². The fourth-order valence-electron chi connectivity index (χ4n) is 2.17. The summed E-state index contributed by atoms with van der Waals surface area (Å²) in [6, 6.07) is 0. The van der Waals surface area contributed by atoms with Crippen LogP contribution in [0.3, 0.4) is 0 Å². The van der Waals surface area contributed by atoms with Crippen LogP contribution in [0, 0.1) is 12.8 Å². The summed E-state index contributed by atoms with van der Waals surface area (Å²) in [6.07, 6.45) is 0. The van der Waals surface area contributed by atoms with Crippen LogP contribution in [0.15, 0.2) is 0 Å². The molecule has 0 saturated heterocycles. The van der Waals surface area contributed by atoms with Crippen molar-refractivity contribution >= 4 is 11.7 Å². The van der Waals surface area contributed by atoms with Crippen molar-refractivity contribution in [2.24, 2.45) is 18.7 Å². The summed E-state index contributed by atoms with van der Waals surface area (Å²) in [5.74, 6) is 1.19. The number of primary amides is 1. The molecule has 1 aromatic rings. The van der Waals surface area contributed by atoms with E-state index in [-0.39, 0.29) is 12.5 Å². The standard InChI is InChI=1S/C13H25N5O/c1-9(2)6-15-7-11-10(3)16-18(5)13(11)17(4)8-12(14)19/h9,15H,6-8H2,1-5H3,(H2,14,19). The van der Waals surface area contributed by atoms with E-state index in [1.165, 1.54) is 0 Å². The highest BCUT2D eigenvalue weighted by atomic mass is 16.1. The molecule has 108 valence electrons. The number of carbonyl (C=O) groups excluding carboxylic acids is 1. The second-order valence-electron chi connectivity index (χ2n) is 5.36. The molecule has 19 heavy (non-hydrogen) atoms. The van der Waals surface area contributed by atoms with Crippen LogP contribution in [-0.2, 0) is 18.4 Å². The van der Waals surface area contributed by atoms with Gasteiger partial charge in [-0.15, -0.1) is 0 Å². The highest BCUT2D eigenvalue weighted by Crippen LogP contribution is 2.21. The van der Waals surface area contributed by atoms with Crippen molar-refractivity contribution in [2.75, 3.05) is 25.0 Å². The molecule has 1 heterocycles. The Labute approximate surface area is 114 Å². The molecule has 1 aromatic heterocycles. The fourth-order valence-corrected chi connectivity index (χ4v) is 2.17. The van der Waals surface area contributed by atoms with Crippen LogP contribution in [-0.4, -0.2) is 35.8 Å². The van der Waals surface area contributed by atoms with Crippen molar-refractivity contribution < 1.29 is 4.79 Å². The maximum Gasteiger partial charge on any atom is 0.236 e. The van der Waals surface area contributed by atoms with Gasteiger partial charge in [0.1, 0.15) is 5.82 Å². The third-order valence-electron chi connectivity index (χ3n) is 2.92. The van der Waals surface area contributed by atoms with E-state index in [9.17, 15) is 4.79 Å². The van der Waals surface area contributed by atoms with Crippen molar-refractivity contribution in [1.82, 2.24) is 15.1 Å². The number of rotatable bonds is 7. The van der Waals surface area contributed by atoms with Gasteiger partial charge in [0.2, 0.25) is 5.91 Å². The zero-order valence-corrected chi connectivity index (χ0v) is 12.5. The normalized spacial score (nSPS) is 11.1. The second kappa shape index (κ2) is 6.56. The molecule has 6 nitrogen and oxygen atoms in total. The van der Waals surface area contributed by atoms with Gasteiger partial charge >= 0.3 is 0 Å². The van der Waals surface area contributed by atoms with Gasteiger partial charge in [0.25, 0.3) is 0 Å². The molecule has 0 saturated carbocycles. The number of likely N-dealkylation sites (N-methyl/N-ethyl adjacent to an activating group) is 1. The number of aromatic nitrogens is 2. The molecule has 1 amide bonds. The van der Waals surface area contributed by atoms with Crippen LogP contribution >= 0.6 is 0 Å². The Morgan fingerprint density at radius 3 is 2.68 bits per heavy atom. The molecular weight excluding hydrogens is 242 g/mol. The van der Waals surface area contributed by atoms with Gasteiger partial charge in [-0.1, -0.05) is 13.8 Å². The predicted octanol–water partition coefficient (Wildman–Crippen LogP) is 0.396. The van der Waals surface area contributed by atoms with Crippen LogP contribution in [0.2, 0.25) is 0 Å². The molecule has 0 unspecified atom stereocenters. The minimum atomic E-state index is -0.345. The van der Waals surface area contributed by atoms with Gasteiger partial charge in [-0.2, -0.15) is 5.10 Å². The molecule has 0 atom stereocenters.